The summed E-state index contributed by atoms with van der Waals surface area (Å²) in [5.41, 5.74) is 1.47. The van der Waals surface area contributed by atoms with Crippen molar-refractivity contribution in [3.63, 3.8) is 0 Å². The number of rotatable bonds is 3. The van der Waals surface area contributed by atoms with E-state index in [0.717, 1.165) is 5.56 Å². The van der Waals surface area contributed by atoms with Crippen LogP contribution in [0, 0.1) is 5.82 Å². The number of para-hydroxylation sites is 1. The summed E-state index contributed by atoms with van der Waals surface area (Å²) in [5, 5.41) is 1.28. The Morgan fingerprint density at radius 1 is 1.26 bits per heavy atom. The fourth-order valence-corrected chi connectivity index (χ4v) is 3.47. The highest BCUT2D eigenvalue weighted by molar-refractivity contribution is 7.99. The number of nitrogens with zero attached hydrogens (tertiary/aromatic N) is 2. The lowest BCUT2D eigenvalue weighted by Gasteiger charge is -2.14. The van der Waals surface area contributed by atoms with E-state index in [4.69, 9.17) is 11.6 Å². The van der Waals surface area contributed by atoms with Crippen LogP contribution < -0.4 is 5.56 Å². The Morgan fingerprint density at radius 3 is 2.74 bits per heavy atom. The van der Waals surface area contributed by atoms with E-state index in [9.17, 15) is 9.18 Å². The summed E-state index contributed by atoms with van der Waals surface area (Å²) in [7, 11) is 1.70. The Morgan fingerprint density at radius 2 is 2.00 bits per heavy atom. The van der Waals surface area contributed by atoms with Gasteiger partial charge in [-0.1, -0.05) is 41.6 Å². The van der Waals surface area contributed by atoms with Crippen molar-refractivity contribution in [1.82, 2.24) is 9.55 Å². The number of hydrogen-bond acceptors (Lipinski definition) is 3. The van der Waals surface area contributed by atoms with Crippen molar-refractivity contribution >= 4 is 34.3 Å². The van der Waals surface area contributed by atoms with E-state index in [1.165, 1.54) is 22.4 Å². The molecule has 0 fully saturated rings. The molecule has 6 heteroatoms. The molecule has 23 heavy (non-hydrogen) atoms. The molecule has 0 saturated heterocycles. The van der Waals surface area contributed by atoms with Gasteiger partial charge in [-0.2, -0.15) is 0 Å². The third kappa shape index (κ3) is 3.12. The number of aromatic nitrogens is 2. The van der Waals surface area contributed by atoms with E-state index in [1.54, 1.807) is 25.2 Å². The standard InChI is InChI=1S/C17H14ClFN2OS/c1-10(11-7-8-14(19)13(18)9-11)23-17-20-15-6-4-3-5-12(15)16(22)21(17)2/h3-10H,1-2H3. The van der Waals surface area contributed by atoms with Gasteiger partial charge in [0, 0.05) is 12.3 Å². The molecule has 0 amide bonds. The Labute approximate surface area is 142 Å². The molecule has 3 nitrogen and oxygen atoms in total. The van der Waals surface area contributed by atoms with E-state index in [-0.39, 0.29) is 15.8 Å². The van der Waals surface area contributed by atoms with E-state index >= 15 is 0 Å². The number of hydrogen-bond donors (Lipinski definition) is 0. The zero-order valence-corrected chi connectivity index (χ0v) is 14.2. The van der Waals surface area contributed by atoms with E-state index in [0.29, 0.717) is 16.1 Å². The van der Waals surface area contributed by atoms with E-state index in [1.807, 2.05) is 25.1 Å². The molecule has 1 aromatic heterocycles. The molecular weight excluding hydrogens is 335 g/mol. The van der Waals surface area contributed by atoms with Crippen LogP contribution in [0.3, 0.4) is 0 Å². The van der Waals surface area contributed by atoms with Gasteiger partial charge in [-0.3, -0.25) is 9.36 Å². The van der Waals surface area contributed by atoms with Crippen molar-refractivity contribution < 1.29 is 4.39 Å². The highest BCUT2D eigenvalue weighted by Gasteiger charge is 2.14. The van der Waals surface area contributed by atoms with Crippen LogP contribution in [0.2, 0.25) is 5.02 Å². The van der Waals surface area contributed by atoms with Crippen molar-refractivity contribution in [3.8, 4) is 0 Å². The second-order valence-corrected chi connectivity index (χ2v) is 6.92. The van der Waals surface area contributed by atoms with Gasteiger partial charge in [0.2, 0.25) is 0 Å². The zero-order valence-electron chi connectivity index (χ0n) is 12.6. The maximum absolute atomic E-state index is 13.3. The molecule has 0 bridgehead atoms. The summed E-state index contributed by atoms with van der Waals surface area (Å²) in [6.45, 7) is 1.97. The predicted molar refractivity (Wildman–Crippen MR) is 92.7 cm³/mol. The van der Waals surface area contributed by atoms with Crippen molar-refractivity contribution in [3.05, 3.63) is 69.2 Å². The van der Waals surface area contributed by atoms with Crippen LogP contribution >= 0.6 is 23.4 Å². The first-order chi connectivity index (χ1) is 11.0. The highest BCUT2D eigenvalue weighted by atomic mass is 35.5. The average Bonchev–Trinajstić information content (AvgIpc) is 2.55. The van der Waals surface area contributed by atoms with E-state index < -0.39 is 5.82 Å². The molecule has 3 aromatic rings. The average molecular weight is 349 g/mol. The highest BCUT2D eigenvalue weighted by Crippen LogP contribution is 2.34. The lowest BCUT2D eigenvalue weighted by molar-refractivity contribution is 0.627. The molecular formula is C17H14ClFN2OS. The van der Waals surface area contributed by atoms with Crippen molar-refractivity contribution in [2.45, 2.75) is 17.3 Å². The summed E-state index contributed by atoms with van der Waals surface area (Å²) >= 11 is 7.28. The first-order valence-corrected chi connectivity index (χ1v) is 8.30. The molecule has 1 heterocycles. The minimum Gasteiger partial charge on any atom is -0.290 e. The maximum Gasteiger partial charge on any atom is 0.261 e. The van der Waals surface area contributed by atoms with Gasteiger partial charge in [-0.25, -0.2) is 9.37 Å². The molecule has 1 unspecified atom stereocenters. The third-order valence-corrected chi connectivity index (χ3v) is 5.13. The Balaban J connectivity index is 1.99. The van der Waals surface area contributed by atoms with Crippen LogP contribution in [0.5, 0.6) is 0 Å². The van der Waals surface area contributed by atoms with Crippen LogP contribution in [0.4, 0.5) is 4.39 Å². The Kier molecular flexibility index (Phi) is 4.41. The number of fused-ring (bicyclic) bond motifs is 1. The van der Waals surface area contributed by atoms with Gasteiger partial charge in [-0.05, 0) is 36.8 Å². The lowest BCUT2D eigenvalue weighted by atomic mass is 10.2. The minimum atomic E-state index is -0.441. The quantitative estimate of drug-likeness (QED) is 0.513. The maximum atomic E-state index is 13.3. The topological polar surface area (TPSA) is 34.9 Å². The summed E-state index contributed by atoms with van der Waals surface area (Å²) in [6.07, 6.45) is 0. The largest absolute Gasteiger partial charge is 0.290 e. The SMILES string of the molecule is CC(Sc1nc2ccccc2c(=O)n1C)c1ccc(F)c(Cl)c1. The molecule has 0 aliphatic carbocycles. The molecule has 0 aliphatic heterocycles. The van der Waals surface area contributed by atoms with Crippen LogP contribution in [0.25, 0.3) is 10.9 Å². The molecule has 0 spiro atoms. The normalized spacial score (nSPS) is 12.5. The molecule has 0 N–H and O–H groups in total. The van der Waals surface area contributed by atoms with Gasteiger partial charge in [0.15, 0.2) is 5.16 Å². The predicted octanol–water partition coefficient (Wildman–Crippen LogP) is 4.58. The fraction of sp³-hybridized carbons (Fsp3) is 0.176. The summed E-state index contributed by atoms with van der Waals surface area (Å²) in [6, 6.07) is 11.9. The van der Waals surface area contributed by atoms with E-state index in [2.05, 4.69) is 4.98 Å². The summed E-state index contributed by atoms with van der Waals surface area (Å²) in [5.74, 6) is -0.441. The number of halogens is 2. The van der Waals surface area contributed by atoms with Crippen molar-refractivity contribution in [1.29, 1.82) is 0 Å². The van der Waals surface area contributed by atoms with Crippen LogP contribution in [0.1, 0.15) is 17.7 Å². The second kappa shape index (κ2) is 6.34. The van der Waals surface area contributed by atoms with Crippen LogP contribution in [-0.2, 0) is 7.05 Å². The van der Waals surface area contributed by atoms with Gasteiger partial charge in [-0.15, -0.1) is 0 Å². The monoisotopic (exact) mass is 348 g/mol. The van der Waals surface area contributed by atoms with Crippen molar-refractivity contribution in [2.24, 2.45) is 7.05 Å². The summed E-state index contributed by atoms with van der Waals surface area (Å²) in [4.78, 5) is 17.0. The minimum absolute atomic E-state index is 0.0210. The molecule has 0 radical (unpaired) electrons. The number of benzene rings is 2. The van der Waals surface area contributed by atoms with Crippen LogP contribution in [0.15, 0.2) is 52.4 Å². The van der Waals surface area contributed by atoms with Crippen molar-refractivity contribution in [2.75, 3.05) is 0 Å². The molecule has 0 aliphatic rings. The Hall–Kier alpha value is -1.85. The Bertz CT molecular complexity index is 942. The molecule has 0 saturated carbocycles. The molecule has 2 aromatic carbocycles. The smallest absolute Gasteiger partial charge is 0.261 e. The first kappa shape index (κ1) is 16.0. The third-order valence-electron chi connectivity index (χ3n) is 3.64. The lowest BCUT2D eigenvalue weighted by Crippen LogP contribution is -2.20. The fourth-order valence-electron chi connectivity index (χ4n) is 2.29. The number of thioether (sulfide) groups is 1. The van der Waals surface area contributed by atoms with Gasteiger partial charge < -0.3 is 0 Å². The molecule has 118 valence electrons. The summed E-state index contributed by atoms with van der Waals surface area (Å²) < 4.78 is 14.8. The van der Waals surface area contributed by atoms with Crippen LogP contribution in [-0.4, -0.2) is 9.55 Å². The van der Waals surface area contributed by atoms with Gasteiger partial charge in [0.1, 0.15) is 5.82 Å². The van der Waals surface area contributed by atoms with Gasteiger partial charge in [0.05, 0.1) is 15.9 Å². The first-order valence-electron chi connectivity index (χ1n) is 7.04. The molecule has 1 atom stereocenters. The van der Waals surface area contributed by atoms with Gasteiger partial charge in [0.25, 0.3) is 5.56 Å². The zero-order chi connectivity index (χ0) is 16.6. The molecule has 3 rings (SSSR count). The second-order valence-electron chi connectivity index (χ2n) is 5.21. The van der Waals surface area contributed by atoms with Gasteiger partial charge >= 0.3 is 0 Å².